The molecule has 1 aromatic carbocycles. The molecule has 1 saturated heterocycles. The third-order valence-electron chi connectivity index (χ3n) is 3.53. The van der Waals surface area contributed by atoms with Crippen molar-refractivity contribution in [1.82, 2.24) is 5.32 Å². The van der Waals surface area contributed by atoms with Gasteiger partial charge in [0, 0.05) is 30.3 Å². The van der Waals surface area contributed by atoms with E-state index in [4.69, 9.17) is 26.8 Å². The Labute approximate surface area is 135 Å². The Morgan fingerprint density at radius 2 is 2.14 bits per heavy atom. The smallest absolute Gasteiger partial charge is 0.240 e. The van der Waals surface area contributed by atoms with Gasteiger partial charge in [-0.15, -0.1) is 12.4 Å². The highest BCUT2D eigenvalue weighted by molar-refractivity contribution is 6.30. The van der Waals surface area contributed by atoms with Crippen molar-refractivity contribution in [3.05, 3.63) is 28.8 Å². The van der Waals surface area contributed by atoms with Gasteiger partial charge < -0.3 is 20.5 Å². The standard InChI is InChI=1S/C14H19ClN2O3.ClH/c1-19-12-8-11(15)3-2-10(12)9-17-13(18)14(16)4-6-20-7-5-14;/h2-3,8H,4-7,9,16H2,1H3,(H,17,18);1H. The summed E-state index contributed by atoms with van der Waals surface area (Å²) in [6.45, 7) is 1.40. The molecule has 118 valence electrons. The monoisotopic (exact) mass is 334 g/mol. The summed E-state index contributed by atoms with van der Waals surface area (Å²) in [5.74, 6) is 0.494. The van der Waals surface area contributed by atoms with Crippen molar-refractivity contribution in [2.45, 2.75) is 24.9 Å². The van der Waals surface area contributed by atoms with E-state index in [1.807, 2.05) is 6.07 Å². The van der Waals surface area contributed by atoms with Gasteiger partial charge in [-0.05, 0) is 25.0 Å². The fourth-order valence-corrected chi connectivity index (χ4v) is 2.34. The number of methoxy groups -OCH3 is 1. The minimum absolute atomic E-state index is 0. The van der Waals surface area contributed by atoms with Crippen molar-refractivity contribution in [2.24, 2.45) is 5.73 Å². The van der Waals surface area contributed by atoms with Gasteiger partial charge in [-0.25, -0.2) is 0 Å². The molecule has 0 spiro atoms. The van der Waals surface area contributed by atoms with E-state index in [9.17, 15) is 4.79 Å². The number of carbonyl (C=O) groups is 1. The van der Waals surface area contributed by atoms with Gasteiger partial charge in [0.15, 0.2) is 0 Å². The number of nitrogens with one attached hydrogen (secondary N) is 1. The molecule has 0 aromatic heterocycles. The van der Waals surface area contributed by atoms with Crippen LogP contribution in [-0.2, 0) is 16.1 Å². The molecule has 1 fully saturated rings. The molecule has 1 aliphatic heterocycles. The summed E-state index contributed by atoms with van der Waals surface area (Å²) in [6, 6.07) is 5.31. The minimum Gasteiger partial charge on any atom is -0.496 e. The first-order valence-electron chi connectivity index (χ1n) is 6.52. The van der Waals surface area contributed by atoms with E-state index < -0.39 is 5.54 Å². The molecule has 5 nitrogen and oxygen atoms in total. The first kappa shape index (κ1) is 18.0. The Morgan fingerprint density at radius 3 is 2.76 bits per heavy atom. The molecule has 1 aliphatic rings. The molecule has 1 aromatic rings. The Hall–Kier alpha value is -1.01. The van der Waals surface area contributed by atoms with Gasteiger partial charge in [0.25, 0.3) is 0 Å². The van der Waals surface area contributed by atoms with Gasteiger partial charge in [-0.1, -0.05) is 17.7 Å². The maximum absolute atomic E-state index is 12.2. The van der Waals surface area contributed by atoms with Gasteiger partial charge in [0.2, 0.25) is 5.91 Å². The van der Waals surface area contributed by atoms with Crippen molar-refractivity contribution in [2.75, 3.05) is 20.3 Å². The van der Waals surface area contributed by atoms with Gasteiger partial charge in [0.05, 0.1) is 12.6 Å². The summed E-state index contributed by atoms with van der Waals surface area (Å²) < 4.78 is 10.5. The predicted octanol–water partition coefficient (Wildman–Crippen LogP) is 1.89. The first-order chi connectivity index (χ1) is 9.55. The van der Waals surface area contributed by atoms with Gasteiger partial charge in [-0.3, -0.25) is 4.79 Å². The van der Waals surface area contributed by atoms with Crippen LogP contribution >= 0.6 is 24.0 Å². The molecule has 0 radical (unpaired) electrons. The summed E-state index contributed by atoms with van der Waals surface area (Å²) in [4.78, 5) is 12.2. The van der Waals surface area contributed by atoms with Gasteiger partial charge in [0.1, 0.15) is 5.75 Å². The van der Waals surface area contributed by atoms with E-state index in [2.05, 4.69) is 5.32 Å². The first-order valence-corrected chi connectivity index (χ1v) is 6.90. The molecule has 2 rings (SSSR count). The number of rotatable bonds is 4. The highest BCUT2D eigenvalue weighted by Crippen LogP contribution is 2.23. The lowest BCUT2D eigenvalue weighted by Gasteiger charge is -2.31. The maximum atomic E-state index is 12.2. The number of halogens is 2. The van der Waals surface area contributed by atoms with E-state index in [0.29, 0.717) is 43.4 Å². The Morgan fingerprint density at radius 1 is 1.48 bits per heavy atom. The molecular formula is C14H20Cl2N2O3. The van der Waals surface area contributed by atoms with Crippen LogP contribution in [0.5, 0.6) is 5.75 Å². The minimum atomic E-state index is -0.835. The van der Waals surface area contributed by atoms with Crippen molar-refractivity contribution >= 4 is 29.9 Å². The quantitative estimate of drug-likeness (QED) is 0.881. The molecule has 1 amide bonds. The van der Waals surface area contributed by atoms with Crippen molar-refractivity contribution in [3.63, 3.8) is 0 Å². The second kappa shape index (κ2) is 7.84. The van der Waals surface area contributed by atoms with Gasteiger partial charge in [-0.2, -0.15) is 0 Å². The third kappa shape index (κ3) is 4.48. The van der Waals surface area contributed by atoms with Crippen LogP contribution in [0.15, 0.2) is 18.2 Å². The normalized spacial score (nSPS) is 16.7. The number of carbonyl (C=O) groups excluding carboxylic acids is 1. The van der Waals surface area contributed by atoms with Crippen molar-refractivity contribution in [1.29, 1.82) is 0 Å². The van der Waals surface area contributed by atoms with Crippen LogP contribution in [0.4, 0.5) is 0 Å². The van der Waals surface area contributed by atoms with Gasteiger partial charge >= 0.3 is 0 Å². The average molecular weight is 335 g/mol. The molecular weight excluding hydrogens is 315 g/mol. The summed E-state index contributed by atoms with van der Waals surface area (Å²) in [5.41, 5.74) is 6.14. The fraction of sp³-hybridized carbons (Fsp3) is 0.500. The van der Waals surface area contributed by atoms with Crippen molar-refractivity contribution in [3.8, 4) is 5.75 Å². The zero-order chi connectivity index (χ0) is 14.6. The molecule has 0 aliphatic carbocycles. The van der Waals surface area contributed by atoms with Crippen LogP contribution in [0.3, 0.4) is 0 Å². The number of nitrogens with two attached hydrogens (primary N) is 1. The zero-order valence-electron chi connectivity index (χ0n) is 11.9. The third-order valence-corrected chi connectivity index (χ3v) is 3.76. The van der Waals surface area contributed by atoms with Crippen LogP contribution in [0.25, 0.3) is 0 Å². The summed E-state index contributed by atoms with van der Waals surface area (Å²) in [5, 5.41) is 3.45. The highest BCUT2D eigenvalue weighted by Gasteiger charge is 2.35. The summed E-state index contributed by atoms with van der Waals surface area (Å²) >= 11 is 5.90. The second-order valence-electron chi connectivity index (χ2n) is 4.91. The Balaban J connectivity index is 0.00000220. The summed E-state index contributed by atoms with van der Waals surface area (Å²) in [7, 11) is 1.57. The van der Waals surface area contributed by atoms with E-state index in [1.54, 1.807) is 19.2 Å². The number of hydrogen-bond acceptors (Lipinski definition) is 4. The lowest BCUT2D eigenvalue weighted by Crippen LogP contribution is -2.56. The lowest BCUT2D eigenvalue weighted by molar-refractivity contribution is -0.129. The fourth-order valence-electron chi connectivity index (χ4n) is 2.18. The predicted molar refractivity (Wildman–Crippen MR) is 84.1 cm³/mol. The number of benzene rings is 1. The Bertz CT molecular complexity index is 491. The molecule has 21 heavy (non-hydrogen) atoms. The molecule has 0 atom stereocenters. The molecule has 3 N–H and O–H groups in total. The van der Waals surface area contributed by atoms with Crippen LogP contribution in [0.1, 0.15) is 18.4 Å². The lowest BCUT2D eigenvalue weighted by atomic mass is 9.90. The van der Waals surface area contributed by atoms with Crippen LogP contribution < -0.4 is 15.8 Å². The van der Waals surface area contributed by atoms with Crippen molar-refractivity contribution < 1.29 is 14.3 Å². The highest BCUT2D eigenvalue weighted by atomic mass is 35.5. The van der Waals surface area contributed by atoms with E-state index in [0.717, 1.165) is 5.56 Å². The van der Waals surface area contributed by atoms with E-state index >= 15 is 0 Å². The largest absolute Gasteiger partial charge is 0.496 e. The molecule has 0 saturated carbocycles. The van der Waals surface area contributed by atoms with Crippen LogP contribution in [0, 0.1) is 0 Å². The molecule has 1 heterocycles. The maximum Gasteiger partial charge on any atom is 0.240 e. The van der Waals surface area contributed by atoms with E-state index in [-0.39, 0.29) is 18.3 Å². The second-order valence-corrected chi connectivity index (χ2v) is 5.34. The zero-order valence-corrected chi connectivity index (χ0v) is 13.4. The number of hydrogen-bond donors (Lipinski definition) is 2. The summed E-state index contributed by atoms with van der Waals surface area (Å²) in [6.07, 6.45) is 1.08. The SMILES string of the molecule is COc1cc(Cl)ccc1CNC(=O)C1(N)CCOCC1.Cl. The topological polar surface area (TPSA) is 73.6 Å². The van der Waals surface area contributed by atoms with E-state index in [1.165, 1.54) is 0 Å². The number of amides is 1. The molecule has 0 bridgehead atoms. The van der Waals surface area contributed by atoms with Crippen LogP contribution in [0.2, 0.25) is 5.02 Å². The van der Waals surface area contributed by atoms with Crippen LogP contribution in [-0.4, -0.2) is 31.8 Å². The Kier molecular flexibility index (Phi) is 6.74. The molecule has 0 unspecified atom stereocenters. The molecule has 7 heteroatoms. The average Bonchev–Trinajstić information content (AvgIpc) is 2.46. The number of ether oxygens (including phenoxy) is 2.